The maximum atomic E-state index is 2.53. The molecule has 1 rings (SSSR count). The Kier molecular flexibility index (Phi) is 8.03. The maximum absolute atomic E-state index is 2.53. The summed E-state index contributed by atoms with van der Waals surface area (Å²) in [6.45, 7) is 14.9. The third-order valence-corrected chi connectivity index (χ3v) is 8.76. The van der Waals surface area contributed by atoms with Crippen LogP contribution in [-0.2, 0) is 24.7 Å². The smallest absolute Gasteiger partial charge is 1.00 e. The summed E-state index contributed by atoms with van der Waals surface area (Å²) < 4.78 is 1.74. The number of hydrogen-bond donors (Lipinski definition) is 0. The molecule has 0 aromatic heterocycles. The quantitative estimate of drug-likeness (QED) is 0.487. The molecule has 0 saturated carbocycles. The Bertz CT molecular complexity index is 309. The van der Waals surface area contributed by atoms with Gasteiger partial charge in [0.2, 0.25) is 0 Å². The van der Waals surface area contributed by atoms with E-state index in [1.807, 2.05) is 5.20 Å². The van der Waals surface area contributed by atoms with Crippen molar-refractivity contribution in [3.05, 3.63) is 19.7 Å². The van der Waals surface area contributed by atoms with E-state index in [9.17, 15) is 0 Å². The molecular formula is C11H21Cl2Si2Zr. The van der Waals surface area contributed by atoms with Gasteiger partial charge in [-0.25, -0.2) is 0 Å². The Balaban J connectivity index is 0. The van der Waals surface area contributed by atoms with Gasteiger partial charge in [0.25, 0.3) is 0 Å². The molecule has 0 aliphatic heterocycles. The van der Waals surface area contributed by atoms with Crippen molar-refractivity contribution in [3.8, 4) is 0 Å². The van der Waals surface area contributed by atoms with E-state index in [0.717, 1.165) is 0 Å². The molecule has 0 bridgehead atoms. The molecule has 0 spiro atoms. The maximum Gasteiger partial charge on any atom is -1.00 e. The van der Waals surface area contributed by atoms with Gasteiger partial charge in [0.1, 0.15) is 0 Å². The van der Waals surface area contributed by atoms with Gasteiger partial charge in [0.05, 0.1) is 0 Å². The molecule has 0 aromatic rings. The summed E-state index contributed by atoms with van der Waals surface area (Å²) in [5, 5.41) is 3.61. The molecule has 0 heterocycles. The summed E-state index contributed by atoms with van der Waals surface area (Å²) in [5.41, 5.74) is 0. The number of rotatable bonds is 2. The minimum atomic E-state index is -1.09. The van der Waals surface area contributed by atoms with Crippen molar-refractivity contribution in [1.82, 2.24) is 0 Å². The van der Waals surface area contributed by atoms with E-state index in [4.69, 9.17) is 0 Å². The fraction of sp³-hybridized carbons (Fsp3) is 0.636. The molecule has 16 heavy (non-hydrogen) atoms. The molecule has 1 aliphatic carbocycles. The number of allylic oxidation sites excluding steroid dienone is 4. The Labute approximate surface area is 130 Å². The Hall–Kier alpha value is 1.38. The summed E-state index contributed by atoms with van der Waals surface area (Å²) in [4.78, 5) is 0. The minimum Gasteiger partial charge on any atom is -1.00 e. The van der Waals surface area contributed by atoms with E-state index >= 15 is 0 Å². The molecule has 0 nitrogen and oxygen atoms in total. The first kappa shape index (κ1) is 19.7. The van der Waals surface area contributed by atoms with Crippen molar-refractivity contribution in [2.45, 2.75) is 45.7 Å². The average Bonchev–Trinajstić information content (AvgIpc) is 2.27. The van der Waals surface area contributed by atoms with Crippen LogP contribution in [0.3, 0.4) is 0 Å². The van der Waals surface area contributed by atoms with Gasteiger partial charge in [-0.05, 0) is 0 Å². The molecule has 0 unspecified atom stereocenters. The van der Waals surface area contributed by atoms with Crippen LogP contribution in [0.5, 0.6) is 0 Å². The monoisotopic (exact) mass is 369 g/mol. The zero-order chi connectivity index (χ0) is 11.1. The van der Waals surface area contributed by atoms with Crippen LogP contribution in [0.1, 0.15) is 6.42 Å². The molecule has 1 aliphatic rings. The van der Waals surface area contributed by atoms with Crippen LogP contribution >= 0.6 is 0 Å². The number of halogens is 2. The standard InChI is InChI=1S/C11H21Si2.2ClH.Zr/c1-12(2,3)10-8-7-9-11(10)13(4,5)6;;;/h8H,7H2,1-6H3;2*1H;/q;;;+2/p-2. The predicted molar refractivity (Wildman–Crippen MR) is 66.4 cm³/mol. The molecule has 0 atom stereocenters. The molecule has 0 saturated heterocycles. The van der Waals surface area contributed by atoms with E-state index in [2.05, 4.69) is 45.4 Å². The normalized spacial score (nSPS) is 16.6. The van der Waals surface area contributed by atoms with E-state index in [-0.39, 0.29) is 24.8 Å². The van der Waals surface area contributed by atoms with Crippen molar-refractivity contribution in [2.24, 2.45) is 0 Å². The second-order valence-electron chi connectivity index (χ2n) is 6.18. The Morgan fingerprint density at radius 2 is 1.38 bits per heavy atom. The summed E-state index contributed by atoms with van der Waals surface area (Å²) in [7, 11) is -2.18. The summed E-state index contributed by atoms with van der Waals surface area (Å²) in [6, 6.07) is 0. The van der Waals surface area contributed by atoms with Gasteiger partial charge >= 0.3 is 106 Å². The first-order valence-electron chi connectivity index (χ1n) is 5.30. The van der Waals surface area contributed by atoms with Gasteiger partial charge in [-0.2, -0.15) is 0 Å². The molecule has 0 radical (unpaired) electrons. The third kappa shape index (κ3) is 4.57. The minimum absolute atomic E-state index is 0. The third-order valence-electron chi connectivity index (χ3n) is 2.64. The molecule has 0 aromatic carbocycles. The fourth-order valence-corrected chi connectivity index (χ4v) is 11.5. The molecule has 0 N–H and O–H groups in total. The Morgan fingerprint density at radius 1 is 0.938 bits per heavy atom. The van der Waals surface area contributed by atoms with Crippen LogP contribution in [0, 0.1) is 0 Å². The second kappa shape index (κ2) is 6.52. The van der Waals surface area contributed by atoms with Crippen molar-refractivity contribution in [3.63, 3.8) is 0 Å². The van der Waals surface area contributed by atoms with Crippen molar-refractivity contribution >= 4 is 16.1 Å². The topological polar surface area (TPSA) is 0 Å². The molecule has 91 valence electrons. The summed E-state index contributed by atoms with van der Waals surface area (Å²) >= 11 is 1.65. The van der Waals surface area contributed by atoms with Crippen LogP contribution in [0.25, 0.3) is 0 Å². The molecule has 0 fully saturated rings. The van der Waals surface area contributed by atoms with Crippen molar-refractivity contribution in [2.75, 3.05) is 0 Å². The first-order chi connectivity index (χ1) is 6.14. The predicted octanol–water partition coefficient (Wildman–Crippen LogP) is -2.12. The zero-order valence-corrected chi connectivity index (χ0v) is 17.0. The van der Waals surface area contributed by atoms with Crippen LogP contribution in [-0.4, -0.2) is 16.1 Å². The fourth-order valence-electron chi connectivity index (χ4n) is 2.11. The average molecular weight is 372 g/mol. The largest absolute Gasteiger partial charge is 1.00 e. The molecular weight excluding hydrogens is 350 g/mol. The zero-order valence-electron chi connectivity index (χ0n) is 11.0. The SMILES string of the molecule is C[Si](C)(C)C1=CC[C]([Zr+2])=C1[Si](C)(C)C.[Cl-].[Cl-]. The van der Waals surface area contributed by atoms with Crippen LogP contribution in [0.15, 0.2) is 19.7 Å². The van der Waals surface area contributed by atoms with E-state index < -0.39 is 16.1 Å². The van der Waals surface area contributed by atoms with Gasteiger partial charge in [0, 0.05) is 0 Å². The van der Waals surface area contributed by atoms with E-state index in [0.29, 0.717) is 0 Å². The van der Waals surface area contributed by atoms with Gasteiger partial charge in [-0.1, -0.05) is 0 Å². The summed E-state index contributed by atoms with van der Waals surface area (Å²) in [5.74, 6) is 0. The molecule has 0 amide bonds. The van der Waals surface area contributed by atoms with Gasteiger partial charge in [-0.3, -0.25) is 0 Å². The van der Waals surface area contributed by atoms with Crippen LogP contribution in [0.4, 0.5) is 0 Å². The van der Waals surface area contributed by atoms with E-state index in [1.54, 1.807) is 33.2 Å². The van der Waals surface area contributed by atoms with E-state index in [1.165, 1.54) is 6.42 Å². The first-order valence-corrected chi connectivity index (χ1v) is 13.5. The second-order valence-corrected chi connectivity index (χ2v) is 17.7. The van der Waals surface area contributed by atoms with Gasteiger partial charge < -0.3 is 24.8 Å². The van der Waals surface area contributed by atoms with Gasteiger partial charge in [-0.15, -0.1) is 0 Å². The molecule has 5 heteroatoms. The van der Waals surface area contributed by atoms with Crippen LogP contribution < -0.4 is 24.8 Å². The van der Waals surface area contributed by atoms with Crippen molar-refractivity contribution in [1.29, 1.82) is 0 Å². The summed E-state index contributed by atoms with van der Waals surface area (Å²) in [6.07, 6.45) is 3.79. The van der Waals surface area contributed by atoms with Crippen molar-refractivity contribution < 1.29 is 49.5 Å². The Morgan fingerprint density at radius 3 is 1.62 bits per heavy atom. The number of hydrogen-bond acceptors (Lipinski definition) is 0. The van der Waals surface area contributed by atoms with Gasteiger partial charge in [0.15, 0.2) is 0 Å². The van der Waals surface area contributed by atoms with Crippen LogP contribution in [0.2, 0.25) is 39.3 Å².